The third-order valence-electron chi connectivity index (χ3n) is 3.72. The normalized spacial score (nSPS) is 13.8. The number of nitrogens with one attached hydrogen (secondary N) is 1. The van der Waals surface area contributed by atoms with Gasteiger partial charge in [0.1, 0.15) is 0 Å². The Morgan fingerprint density at radius 2 is 2.04 bits per heavy atom. The van der Waals surface area contributed by atoms with Crippen LogP contribution in [0.1, 0.15) is 34.8 Å². The van der Waals surface area contributed by atoms with Gasteiger partial charge in [-0.3, -0.25) is 0 Å². The van der Waals surface area contributed by atoms with E-state index in [0.29, 0.717) is 12.3 Å². The predicted molar refractivity (Wildman–Crippen MR) is 87.0 cm³/mol. The van der Waals surface area contributed by atoms with Gasteiger partial charge in [0, 0.05) is 18.2 Å². The number of methoxy groups -OCH3 is 1. The first kappa shape index (κ1) is 17.2. The maximum Gasteiger partial charge on any atom is 0.360 e. The second kappa shape index (κ2) is 7.89. The second-order valence-corrected chi connectivity index (χ2v) is 5.66. The van der Waals surface area contributed by atoms with Crippen molar-refractivity contribution in [2.45, 2.75) is 25.6 Å². The van der Waals surface area contributed by atoms with Gasteiger partial charge in [-0.05, 0) is 26.6 Å². The third kappa shape index (κ3) is 4.40. The molecule has 0 saturated carbocycles. The van der Waals surface area contributed by atoms with Gasteiger partial charge in [0.25, 0.3) is 0 Å². The van der Waals surface area contributed by atoms with Crippen molar-refractivity contribution in [3.05, 3.63) is 53.4 Å². The molecule has 6 nitrogen and oxygen atoms in total. The van der Waals surface area contributed by atoms with Crippen molar-refractivity contribution in [2.24, 2.45) is 0 Å². The average Bonchev–Trinajstić information content (AvgIpc) is 3.02. The molecule has 0 fully saturated rings. The third-order valence-corrected chi connectivity index (χ3v) is 3.72. The average molecular weight is 317 g/mol. The molecule has 2 aromatic rings. The first-order chi connectivity index (χ1) is 11.0. The van der Waals surface area contributed by atoms with E-state index in [1.807, 2.05) is 18.2 Å². The number of carbonyl (C=O) groups excluding carboxylic acids is 1. The number of hydrogen-bond acceptors (Lipinski definition) is 6. The Balaban J connectivity index is 2.01. The number of benzene rings is 1. The number of esters is 1. The summed E-state index contributed by atoms with van der Waals surface area (Å²) in [5.41, 5.74) is 1.43. The lowest BCUT2D eigenvalue weighted by molar-refractivity contribution is 0.0589. The van der Waals surface area contributed by atoms with Crippen LogP contribution in [0, 0.1) is 0 Å². The summed E-state index contributed by atoms with van der Waals surface area (Å²) in [7, 11) is 5.43. The maximum atomic E-state index is 11.4. The highest BCUT2D eigenvalue weighted by molar-refractivity contribution is 5.86. The smallest absolute Gasteiger partial charge is 0.360 e. The Hall–Kier alpha value is -2.18. The van der Waals surface area contributed by atoms with Crippen LogP contribution >= 0.6 is 0 Å². The summed E-state index contributed by atoms with van der Waals surface area (Å²) >= 11 is 0. The molecule has 0 amide bonds. The molecule has 1 aromatic carbocycles. The summed E-state index contributed by atoms with van der Waals surface area (Å²) in [5, 5.41) is 7.12. The van der Waals surface area contributed by atoms with Crippen molar-refractivity contribution in [1.29, 1.82) is 0 Å². The molecule has 124 valence electrons. The summed E-state index contributed by atoms with van der Waals surface area (Å²) < 4.78 is 9.77. The lowest BCUT2D eigenvalue weighted by atomic mass is 9.99. The molecule has 0 bridgehead atoms. The van der Waals surface area contributed by atoms with Gasteiger partial charge < -0.3 is 19.5 Å². The molecule has 23 heavy (non-hydrogen) atoms. The number of aromatic nitrogens is 1. The lowest BCUT2D eigenvalue weighted by Crippen LogP contribution is -2.38. The Morgan fingerprint density at radius 3 is 2.65 bits per heavy atom. The minimum Gasteiger partial charge on any atom is -0.464 e. The van der Waals surface area contributed by atoms with Crippen LogP contribution in [-0.2, 0) is 11.3 Å². The summed E-state index contributed by atoms with van der Waals surface area (Å²) in [5.74, 6) is 0.103. The number of likely N-dealkylation sites (N-methyl/N-ethyl adjacent to an activating group) is 1. The summed E-state index contributed by atoms with van der Waals surface area (Å²) in [6.07, 6.45) is 0. The molecular weight excluding hydrogens is 294 g/mol. The molecule has 2 rings (SSSR count). The summed E-state index contributed by atoms with van der Waals surface area (Å²) in [6.45, 7) is 2.61. The SMILES string of the molecule is COC(=O)c1cc(CN[C@H](C)[C@H](c2ccccc2)N(C)C)on1. The van der Waals surface area contributed by atoms with E-state index in [1.54, 1.807) is 6.07 Å². The van der Waals surface area contributed by atoms with Gasteiger partial charge in [0.15, 0.2) is 11.5 Å². The van der Waals surface area contributed by atoms with E-state index in [4.69, 9.17) is 4.52 Å². The number of hydrogen-bond donors (Lipinski definition) is 1. The van der Waals surface area contributed by atoms with Gasteiger partial charge in [0.2, 0.25) is 0 Å². The van der Waals surface area contributed by atoms with Gasteiger partial charge in [-0.15, -0.1) is 0 Å². The van der Waals surface area contributed by atoms with Gasteiger partial charge in [0.05, 0.1) is 13.7 Å². The van der Waals surface area contributed by atoms with E-state index < -0.39 is 5.97 Å². The van der Waals surface area contributed by atoms with Crippen molar-refractivity contribution in [1.82, 2.24) is 15.4 Å². The van der Waals surface area contributed by atoms with E-state index in [-0.39, 0.29) is 17.8 Å². The van der Waals surface area contributed by atoms with Gasteiger partial charge >= 0.3 is 5.97 Å². The Labute approximate surface area is 136 Å². The van der Waals surface area contributed by atoms with Gasteiger partial charge in [-0.1, -0.05) is 35.5 Å². The molecule has 2 atom stereocenters. The molecule has 0 spiro atoms. The minimum atomic E-state index is -0.497. The summed E-state index contributed by atoms with van der Waals surface area (Å²) in [6, 6.07) is 12.3. The van der Waals surface area contributed by atoms with Crippen LogP contribution in [-0.4, -0.2) is 43.3 Å². The van der Waals surface area contributed by atoms with Gasteiger partial charge in [-0.25, -0.2) is 4.79 Å². The first-order valence-corrected chi connectivity index (χ1v) is 7.51. The van der Waals surface area contributed by atoms with E-state index in [0.717, 1.165) is 0 Å². The molecule has 0 aliphatic rings. The van der Waals surface area contributed by atoms with E-state index in [1.165, 1.54) is 12.7 Å². The summed E-state index contributed by atoms with van der Waals surface area (Å²) in [4.78, 5) is 13.5. The number of ether oxygens (including phenoxy) is 1. The molecule has 0 aliphatic heterocycles. The molecule has 6 heteroatoms. The van der Waals surface area contributed by atoms with Crippen molar-refractivity contribution >= 4 is 5.97 Å². The molecule has 0 saturated heterocycles. The van der Waals surface area contributed by atoms with Crippen LogP contribution in [0.3, 0.4) is 0 Å². The molecular formula is C17H23N3O3. The fraction of sp³-hybridized carbons (Fsp3) is 0.412. The molecule has 0 unspecified atom stereocenters. The van der Waals surface area contributed by atoms with Crippen LogP contribution in [0.5, 0.6) is 0 Å². The van der Waals surface area contributed by atoms with Crippen LogP contribution in [0.4, 0.5) is 0 Å². The molecule has 1 heterocycles. The fourth-order valence-corrected chi connectivity index (χ4v) is 2.65. The zero-order valence-electron chi connectivity index (χ0n) is 13.9. The minimum absolute atomic E-state index is 0.180. The van der Waals surface area contributed by atoms with E-state index in [9.17, 15) is 4.79 Å². The van der Waals surface area contributed by atoms with Crippen molar-refractivity contribution in [3.63, 3.8) is 0 Å². The lowest BCUT2D eigenvalue weighted by Gasteiger charge is -2.31. The zero-order valence-corrected chi connectivity index (χ0v) is 13.9. The number of nitrogens with zero attached hydrogens (tertiary/aromatic N) is 2. The van der Waals surface area contributed by atoms with Crippen LogP contribution in [0.25, 0.3) is 0 Å². The highest BCUT2D eigenvalue weighted by atomic mass is 16.5. The standard InChI is InChI=1S/C17H23N3O3/c1-12(16(20(2)3)13-8-6-5-7-9-13)18-11-14-10-15(19-23-14)17(21)22-4/h5-10,12,16,18H,11H2,1-4H3/t12-,16-/m1/s1. The maximum absolute atomic E-state index is 11.4. The largest absolute Gasteiger partial charge is 0.464 e. The van der Waals surface area contributed by atoms with Crippen molar-refractivity contribution in [2.75, 3.05) is 21.2 Å². The fourth-order valence-electron chi connectivity index (χ4n) is 2.65. The highest BCUT2D eigenvalue weighted by Crippen LogP contribution is 2.22. The number of carbonyl (C=O) groups is 1. The monoisotopic (exact) mass is 317 g/mol. The van der Waals surface area contributed by atoms with Crippen LogP contribution < -0.4 is 5.32 Å². The highest BCUT2D eigenvalue weighted by Gasteiger charge is 2.21. The van der Waals surface area contributed by atoms with Gasteiger partial charge in [-0.2, -0.15) is 0 Å². The first-order valence-electron chi connectivity index (χ1n) is 7.51. The number of rotatable bonds is 7. The van der Waals surface area contributed by atoms with Crippen LogP contribution in [0.2, 0.25) is 0 Å². The Kier molecular flexibility index (Phi) is 5.90. The van der Waals surface area contributed by atoms with Crippen LogP contribution in [0.15, 0.2) is 40.9 Å². The molecule has 1 N–H and O–H groups in total. The molecule has 0 aliphatic carbocycles. The Morgan fingerprint density at radius 1 is 1.35 bits per heavy atom. The van der Waals surface area contributed by atoms with Crippen molar-refractivity contribution < 1.29 is 14.1 Å². The molecule has 0 radical (unpaired) electrons. The van der Waals surface area contributed by atoms with Crippen molar-refractivity contribution in [3.8, 4) is 0 Å². The second-order valence-electron chi connectivity index (χ2n) is 5.66. The predicted octanol–water partition coefficient (Wildman–Crippen LogP) is 2.24. The van der Waals surface area contributed by atoms with E-state index in [2.05, 4.69) is 53.3 Å². The molecule has 1 aromatic heterocycles. The van der Waals surface area contributed by atoms with E-state index >= 15 is 0 Å². The quantitative estimate of drug-likeness (QED) is 0.790. The zero-order chi connectivity index (χ0) is 16.8. The Bertz CT molecular complexity index is 625. The topological polar surface area (TPSA) is 67.6 Å².